The predicted molar refractivity (Wildman–Crippen MR) is 68.3 cm³/mol. The number of nitrogens with zero attached hydrogens (tertiary/aromatic N) is 5. The highest BCUT2D eigenvalue weighted by atomic mass is 35.5. The Labute approximate surface area is 113 Å². The van der Waals surface area contributed by atoms with Gasteiger partial charge in [-0.3, -0.25) is 4.98 Å². The van der Waals surface area contributed by atoms with Crippen molar-refractivity contribution >= 4 is 22.8 Å². The van der Waals surface area contributed by atoms with Gasteiger partial charge < -0.3 is 0 Å². The largest absolute Gasteiger partial charge is 0.256 e. The maximum absolute atomic E-state index is 13.7. The Morgan fingerprint density at radius 2 is 2.16 bits per heavy atom. The first-order chi connectivity index (χ1) is 9.16. The van der Waals surface area contributed by atoms with E-state index in [1.54, 1.807) is 30.1 Å². The molecule has 3 rings (SSSR count). The van der Waals surface area contributed by atoms with Gasteiger partial charge in [0.25, 0.3) is 0 Å². The minimum absolute atomic E-state index is 0.267. The lowest BCUT2D eigenvalue weighted by molar-refractivity contribution is 0.514. The van der Waals surface area contributed by atoms with Crippen molar-refractivity contribution in [1.29, 1.82) is 0 Å². The number of hydrogen-bond acceptors (Lipinski definition) is 4. The number of fused-ring (bicyclic) bond motifs is 1. The summed E-state index contributed by atoms with van der Waals surface area (Å²) >= 11 is 5.83. The van der Waals surface area contributed by atoms with E-state index in [-0.39, 0.29) is 11.0 Å². The Morgan fingerprint density at radius 1 is 1.32 bits per heavy atom. The molecular formula is C12H9ClFN5. The van der Waals surface area contributed by atoms with Gasteiger partial charge in [-0.05, 0) is 19.1 Å². The van der Waals surface area contributed by atoms with Gasteiger partial charge in [0, 0.05) is 6.20 Å². The Hall–Kier alpha value is -2.08. The van der Waals surface area contributed by atoms with Gasteiger partial charge in [-0.2, -0.15) is 5.10 Å². The van der Waals surface area contributed by atoms with E-state index < -0.39 is 6.04 Å². The van der Waals surface area contributed by atoms with Crippen molar-refractivity contribution in [3.63, 3.8) is 0 Å². The number of aromatic nitrogens is 5. The van der Waals surface area contributed by atoms with Gasteiger partial charge in [0.1, 0.15) is 22.2 Å². The third-order valence-electron chi connectivity index (χ3n) is 2.82. The summed E-state index contributed by atoms with van der Waals surface area (Å²) in [6.07, 6.45) is 4.55. The maximum atomic E-state index is 13.7. The Balaban J connectivity index is 2.14. The van der Waals surface area contributed by atoms with E-state index in [0.717, 1.165) is 0 Å². The van der Waals surface area contributed by atoms with Gasteiger partial charge in [-0.15, -0.1) is 0 Å². The third kappa shape index (κ3) is 2.04. The Bertz CT molecular complexity index is 742. The van der Waals surface area contributed by atoms with E-state index in [2.05, 4.69) is 20.1 Å². The van der Waals surface area contributed by atoms with E-state index in [9.17, 15) is 4.39 Å². The average Bonchev–Trinajstić information content (AvgIpc) is 2.81. The number of hydrogen-bond donors (Lipinski definition) is 0. The number of halogens is 2. The van der Waals surface area contributed by atoms with Gasteiger partial charge in [0.05, 0.1) is 18.4 Å². The lowest BCUT2D eigenvalue weighted by Gasteiger charge is -2.12. The van der Waals surface area contributed by atoms with E-state index >= 15 is 0 Å². The lowest BCUT2D eigenvalue weighted by Crippen LogP contribution is -2.12. The summed E-state index contributed by atoms with van der Waals surface area (Å²) < 4.78 is 15.3. The van der Waals surface area contributed by atoms with E-state index in [0.29, 0.717) is 16.9 Å². The molecule has 3 heterocycles. The van der Waals surface area contributed by atoms with E-state index in [1.807, 2.05) is 0 Å². The summed E-state index contributed by atoms with van der Waals surface area (Å²) in [5.74, 6) is -0.381. The average molecular weight is 278 g/mol. The second kappa shape index (κ2) is 4.55. The van der Waals surface area contributed by atoms with Crippen LogP contribution in [0.5, 0.6) is 0 Å². The smallest absolute Gasteiger partial charge is 0.178 e. The van der Waals surface area contributed by atoms with Gasteiger partial charge >= 0.3 is 0 Å². The highest BCUT2D eigenvalue weighted by molar-refractivity contribution is 6.29. The van der Waals surface area contributed by atoms with Crippen LogP contribution in [-0.4, -0.2) is 24.7 Å². The van der Waals surface area contributed by atoms with E-state index in [4.69, 9.17) is 11.6 Å². The molecule has 19 heavy (non-hydrogen) atoms. The Kier molecular flexibility index (Phi) is 2.87. The molecule has 0 aromatic carbocycles. The van der Waals surface area contributed by atoms with Crippen molar-refractivity contribution < 1.29 is 4.39 Å². The molecule has 1 unspecified atom stereocenters. The monoisotopic (exact) mass is 277 g/mol. The maximum Gasteiger partial charge on any atom is 0.178 e. The first-order valence-corrected chi connectivity index (χ1v) is 6.01. The first kappa shape index (κ1) is 12.0. The molecule has 3 aromatic heterocycles. The van der Waals surface area contributed by atoms with Gasteiger partial charge in [0.15, 0.2) is 5.65 Å². The highest BCUT2D eigenvalue weighted by Gasteiger charge is 2.18. The normalized spacial score (nSPS) is 12.8. The third-order valence-corrected chi connectivity index (χ3v) is 3.01. The molecule has 96 valence electrons. The minimum atomic E-state index is -0.397. The molecule has 0 amide bonds. The van der Waals surface area contributed by atoms with E-state index in [1.165, 1.54) is 12.3 Å². The fourth-order valence-corrected chi connectivity index (χ4v) is 2.03. The standard InChI is InChI=1S/C12H9ClFN5/c1-7(11-8(14)3-2-4-15-11)19-12-9(5-17-19)16-6-10(13)18-12/h2-7H,1H3. The van der Waals surface area contributed by atoms with Crippen LogP contribution in [0.25, 0.3) is 11.2 Å². The van der Waals surface area contributed by atoms with Crippen LogP contribution in [0.4, 0.5) is 4.39 Å². The van der Waals surface area contributed by atoms with Crippen molar-refractivity contribution in [2.24, 2.45) is 0 Å². The van der Waals surface area contributed by atoms with Crippen LogP contribution in [0.3, 0.4) is 0 Å². The second-order valence-electron chi connectivity index (χ2n) is 4.04. The second-order valence-corrected chi connectivity index (χ2v) is 4.42. The molecule has 0 aliphatic heterocycles. The van der Waals surface area contributed by atoms with Gasteiger partial charge in [-0.25, -0.2) is 19.0 Å². The molecule has 0 bridgehead atoms. The predicted octanol–water partition coefficient (Wildman–Crippen LogP) is 2.62. The summed E-state index contributed by atoms with van der Waals surface area (Å²) in [6, 6.07) is 2.51. The first-order valence-electron chi connectivity index (χ1n) is 5.63. The van der Waals surface area contributed by atoms with Crippen molar-refractivity contribution in [3.8, 4) is 0 Å². The molecule has 0 saturated heterocycles. The molecule has 5 nitrogen and oxygen atoms in total. The molecule has 7 heteroatoms. The summed E-state index contributed by atoms with van der Waals surface area (Å²) in [5.41, 5.74) is 1.41. The zero-order valence-corrected chi connectivity index (χ0v) is 10.7. The van der Waals surface area contributed by atoms with Crippen molar-refractivity contribution in [2.75, 3.05) is 0 Å². The number of pyridine rings is 1. The zero-order chi connectivity index (χ0) is 13.4. The van der Waals surface area contributed by atoms with Crippen molar-refractivity contribution in [1.82, 2.24) is 24.7 Å². The highest BCUT2D eigenvalue weighted by Crippen LogP contribution is 2.22. The minimum Gasteiger partial charge on any atom is -0.256 e. The van der Waals surface area contributed by atoms with Crippen molar-refractivity contribution in [2.45, 2.75) is 13.0 Å². The van der Waals surface area contributed by atoms with Crippen LogP contribution in [0, 0.1) is 5.82 Å². The topological polar surface area (TPSA) is 56.5 Å². The molecule has 0 fully saturated rings. The molecule has 0 radical (unpaired) electrons. The summed E-state index contributed by atoms with van der Waals surface area (Å²) in [5, 5.41) is 4.45. The Morgan fingerprint density at radius 3 is 2.95 bits per heavy atom. The molecule has 0 saturated carbocycles. The summed E-state index contributed by atoms with van der Waals surface area (Å²) in [4.78, 5) is 12.3. The van der Waals surface area contributed by atoms with Crippen molar-refractivity contribution in [3.05, 3.63) is 47.4 Å². The van der Waals surface area contributed by atoms with Crippen LogP contribution in [0.1, 0.15) is 18.7 Å². The summed E-state index contributed by atoms with van der Waals surface area (Å²) in [6.45, 7) is 1.79. The SMILES string of the molecule is CC(c1ncccc1F)n1ncc2ncc(Cl)nc21. The molecule has 3 aromatic rings. The molecule has 0 N–H and O–H groups in total. The van der Waals surface area contributed by atoms with Crippen LogP contribution in [0.15, 0.2) is 30.7 Å². The molecular weight excluding hydrogens is 269 g/mol. The fraction of sp³-hybridized carbons (Fsp3) is 0.167. The lowest BCUT2D eigenvalue weighted by atomic mass is 10.2. The van der Waals surface area contributed by atoms with Crippen LogP contribution in [-0.2, 0) is 0 Å². The molecule has 0 spiro atoms. The molecule has 0 aliphatic rings. The summed E-state index contributed by atoms with van der Waals surface area (Å²) in [7, 11) is 0. The zero-order valence-electron chi connectivity index (χ0n) is 9.96. The van der Waals surface area contributed by atoms with Gasteiger partial charge in [-0.1, -0.05) is 11.6 Å². The van der Waals surface area contributed by atoms with Crippen LogP contribution >= 0.6 is 11.6 Å². The fourth-order valence-electron chi connectivity index (χ4n) is 1.90. The van der Waals surface area contributed by atoms with Crippen LogP contribution < -0.4 is 0 Å². The quantitative estimate of drug-likeness (QED) is 0.722. The molecule has 0 aliphatic carbocycles. The van der Waals surface area contributed by atoms with Gasteiger partial charge in [0.2, 0.25) is 0 Å². The molecule has 1 atom stereocenters. The van der Waals surface area contributed by atoms with Crippen LogP contribution in [0.2, 0.25) is 5.15 Å². The number of rotatable bonds is 2.